The monoisotopic (exact) mass is 488 g/mol. The van der Waals surface area contributed by atoms with Gasteiger partial charge in [-0.1, -0.05) is 29.8 Å². The maximum atomic E-state index is 13.3. The summed E-state index contributed by atoms with van der Waals surface area (Å²) < 4.78 is 37.4. The lowest BCUT2D eigenvalue weighted by Gasteiger charge is -2.15. The standard InChI is InChI=1S/C24H25ClN2O5S/c1-3-32-19-10-13-21(23(14-19)33(29,30)20-11-8-18(25)9-12-20)26-16-24(28)27-15-17-6-4-5-7-22(17)31-2/h4-14,26H,3,15-16H2,1-2H3,(H,27,28). The molecule has 0 radical (unpaired) electrons. The van der Waals surface area contributed by atoms with Crippen molar-refractivity contribution in [2.75, 3.05) is 25.6 Å². The number of ether oxygens (including phenoxy) is 2. The van der Waals surface area contributed by atoms with E-state index in [-0.39, 0.29) is 28.8 Å². The summed E-state index contributed by atoms with van der Waals surface area (Å²) in [6, 6.07) is 18.0. The van der Waals surface area contributed by atoms with E-state index in [9.17, 15) is 13.2 Å². The van der Waals surface area contributed by atoms with Crippen molar-refractivity contribution >= 4 is 33.0 Å². The Morgan fingerprint density at radius 2 is 1.76 bits per heavy atom. The van der Waals surface area contributed by atoms with Gasteiger partial charge in [0.2, 0.25) is 15.7 Å². The first-order valence-electron chi connectivity index (χ1n) is 10.2. The number of rotatable bonds is 10. The van der Waals surface area contributed by atoms with Gasteiger partial charge in [0.15, 0.2) is 0 Å². The second kappa shape index (κ2) is 11.1. The Kier molecular flexibility index (Phi) is 8.19. The lowest BCUT2D eigenvalue weighted by Crippen LogP contribution is -2.29. The van der Waals surface area contributed by atoms with Gasteiger partial charge in [0.05, 0.1) is 35.7 Å². The first kappa shape index (κ1) is 24.4. The fraction of sp³-hybridized carbons (Fsp3) is 0.208. The van der Waals surface area contributed by atoms with Crippen LogP contribution in [0.2, 0.25) is 5.02 Å². The van der Waals surface area contributed by atoms with Gasteiger partial charge in [-0.25, -0.2) is 8.42 Å². The molecule has 3 aromatic rings. The molecule has 0 aliphatic rings. The molecule has 3 rings (SSSR count). The number of benzene rings is 3. The van der Waals surface area contributed by atoms with E-state index in [0.717, 1.165) is 5.56 Å². The molecule has 3 aromatic carbocycles. The summed E-state index contributed by atoms with van der Waals surface area (Å²) in [4.78, 5) is 12.5. The van der Waals surface area contributed by atoms with Crippen LogP contribution in [0.15, 0.2) is 76.5 Å². The molecule has 0 aliphatic heterocycles. The molecule has 0 atom stereocenters. The highest BCUT2D eigenvalue weighted by atomic mass is 35.5. The van der Waals surface area contributed by atoms with Gasteiger partial charge in [-0.05, 0) is 49.4 Å². The normalized spacial score (nSPS) is 11.0. The van der Waals surface area contributed by atoms with Gasteiger partial charge in [-0.15, -0.1) is 0 Å². The molecule has 0 aliphatic carbocycles. The number of hydrogen-bond donors (Lipinski definition) is 2. The number of nitrogens with one attached hydrogen (secondary N) is 2. The Hall–Kier alpha value is -3.23. The third-order valence-electron chi connectivity index (χ3n) is 4.79. The molecule has 0 saturated heterocycles. The molecule has 1 amide bonds. The number of sulfone groups is 1. The zero-order valence-corrected chi connectivity index (χ0v) is 19.9. The molecule has 0 heterocycles. The second-order valence-electron chi connectivity index (χ2n) is 6.99. The van der Waals surface area contributed by atoms with Gasteiger partial charge in [0.25, 0.3) is 0 Å². The van der Waals surface area contributed by atoms with Crippen molar-refractivity contribution < 1.29 is 22.7 Å². The van der Waals surface area contributed by atoms with Crippen LogP contribution in [0.3, 0.4) is 0 Å². The summed E-state index contributed by atoms with van der Waals surface area (Å²) in [6.07, 6.45) is 0. The van der Waals surface area contributed by atoms with Gasteiger partial charge in [-0.2, -0.15) is 0 Å². The number of para-hydroxylation sites is 1. The SMILES string of the molecule is CCOc1ccc(NCC(=O)NCc2ccccc2OC)c(S(=O)(=O)c2ccc(Cl)cc2)c1. The number of carbonyl (C=O) groups is 1. The van der Waals surface area contributed by atoms with Crippen LogP contribution in [0.5, 0.6) is 11.5 Å². The summed E-state index contributed by atoms with van der Waals surface area (Å²) in [7, 11) is -2.32. The Morgan fingerprint density at radius 3 is 2.45 bits per heavy atom. The van der Waals surface area contributed by atoms with Crippen molar-refractivity contribution in [3.8, 4) is 11.5 Å². The number of hydrogen-bond acceptors (Lipinski definition) is 6. The fourth-order valence-corrected chi connectivity index (χ4v) is 4.72. The summed E-state index contributed by atoms with van der Waals surface area (Å²) in [5.74, 6) is 0.787. The summed E-state index contributed by atoms with van der Waals surface area (Å²) in [5.41, 5.74) is 1.13. The van der Waals surface area contributed by atoms with E-state index >= 15 is 0 Å². The van der Waals surface area contributed by atoms with Crippen molar-refractivity contribution in [3.05, 3.63) is 77.3 Å². The van der Waals surface area contributed by atoms with Crippen LogP contribution in [0, 0.1) is 0 Å². The third-order valence-corrected chi connectivity index (χ3v) is 6.85. The Balaban J connectivity index is 1.78. The highest BCUT2D eigenvalue weighted by molar-refractivity contribution is 7.91. The van der Waals surface area contributed by atoms with Gasteiger partial charge in [-0.3, -0.25) is 4.79 Å². The van der Waals surface area contributed by atoms with E-state index in [1.807, 2.05) is 31.2 Å². The van der Waals surface area contributed by atoms with Gasteiger partial charge in [0.1, 0.15) is 11.5 Å². The molecule has 9 heteroatoms. The fourth-order valence-electron chi connectivity index (χ4n) is 3.15. The molecular formula is C24H25ClN2O5S. The van der Waals surface area contributed by atoms with Crippen LogP contribution < -0.4 is 20.1 Å². The highest BCUT2D eigenvalue weighted by Crippen LogP contribution is 2.32. The third kappa shape index (κ3) is 6.18. The highest BCUT2D eigenvalue weighted by Gasteiger charge is 2.23. The van der Waals surface area contributed by atoms with Crippen LogP contribution in [-0.2, 0) is 21.2 Å². The first-order valence-corrected chi connectivity index (χ1v) is 12.1. The zero-order chi connectivity index (χ0) is 23.8. The molecule has 174 valence electrons. The van der Waals surface area contributed by atoms with E-state index in [1.54, 1.807) is 19.2 Å². The quantitative estimate of drug-likeness (QED) is 0.441. The second-order valence-corrected chi connectivity index (χ2v) is 9.35. The summed E-state index contributed by atoms with van der Waals surface area (Å²) >= 11 is 5.90. The number of amides is 1. The number of carbonyl (C=O) groups excluding carboxylic acids is 1. The van der Waals surface area contributed by atoms with Crippen molar-refractivity contribution in [1.82, 2.24) is 5.32 Å². The maximum Gasteiger partial charge on any atom is 0.239 e. The summed E-state index contributed by atoms with van der Waals surface area (Å²) in [6.45, 7) is 2.36. The molecule has 0 saturated carbocycles. The minimum absolute atomic E-state index is 0.00769. The predicted octanol–water partition coefficient (Wildman–Crippen LogP) is 4.31. The molecular weight excluding hydrogens is 464 g/mol. The average molecular weight is 489 g/mol. The van der Waals surface area contributed by atoms with E-state index < -0.39 is 9.84 Å². The molecule has 0 aromatic heterocycles. The largest absolute Gasteiger partial charge is 0.496 e. The van der Waals surface area contributed by atoms with Gasteiger partial charge >= 0.3 is 0 Å². The van der Waals surface area contributed by atoms with Crippen molar-refractivity contribution in [2.45, 2.75) is 23.3 Å². The maximum absolute atomic E-state index is 13.3. The topological polar surface area (TPSA) is 93.7 Å². The number of methoxy groups -OCH3 is 1. The van der Waals surface area contributed by atoms with E-state index in [0.29, 0.717) is 28.8 Å². The smallest absolute Gasteiger partial charge is 0.239 e. The van der Waals surface area contributed by atoms with E-state index in [2.05, 4.69) is 10.6 Å². The van der Waals surface area contributed by atoms with Gasteiger partial charge < -0.3 is 20.1 Å². The van der Waals surface area contributed by atoms with Crippen molar-refractivity contribution in [1.29, 1.82) is 0 Å². The van der Waals surface area contributed by atoms with E-state index in [4.69, 9.17) is 21.1 Å². The molecule has 2 N–H and O–H groups in total. The Morgan fingerprint density at radius 1 is 1.03 bits per heavy atom. The van der Waals surface area contributed by atoms with E-state index in [1.165, 1.54) is 30.3 Å². The molecule has 0 unspecified atom stereocenters. The predicted molar refractivity (Wildman–Crippen MR) is 128 cm³/mol. The lowest BCUT2D eigenvalue weighted by molar-refractivity contribution is -0.119. The van der Waals surface area contributed by atoms with Crippen LogP contribution >= 0.6 is 11.6 Å². The van der Waals surface area contributed by atoms with Crippen LogP contribution in [0.1, 0.15) is 12.5 Å². The summed E-state index contributed by atoms with van der Waals surface area (Å²) in [5, 5.41) is 6.16. The minimum atomic E-state index is -3.89. The Labute approximate surface area is 198 Å². The number of halogens is 1. The minimum Gasteiger partial charge on any atom is -0.496 e. The van der Waals surface area contributed by atoms with Crippen molar-refractivity contribution in [3.63, 3.8) is 0 Å². The molecule has 0 fully saturated rings. The molecule has 0 bridgehead atoms. The first-order chi connectivity index (χ1) is 15.8. The van der Waals surface area contributed by atoms with Gasteiger partial charge in [0, 0.05) is 23.2 Å². The van der Waals surface area contributed by atoms with Crippen molar-refractivity contribution in [2.24, 2.45) is 0 Å². The average Bonchev–Trinajstić information content (AvgIpc) is 2.82. The van der Waals surface area contributed by atoms with Crippen LogP contribution in [0.4, 0.5) is 5.69 Å². The van der Waals surface area contributed by atoms with Crippen LogP contribution in [-0.4, -0.2) is 34.6 Å². The Bertz CT molecular complexity index is 1210. The van der Waals surface area contributed by atoms with Crippen LogP contribution in [0.25, 0.3) is 0 Å². The molecule has 0 spiro atoms. The molecule has 7 nitrogen and oxygen atoms in total. The zero-order valence-electron chi connectivity index (χ0n) is 18.3. The lowest BCUT2D eigenvalue weighted by atomic mass is 10.2. The molecule has 33 heavy (non-hydrogen) atoms. The number of anilines is 1.